The lowest BCUT2D eigenvalue weighted by molar-refractivity contribution is 0.0574. The van der Waals surface area contributed by atoms with Crippen molar-refractivity contribution in [2.24, 2.45) is 0 Å². The van der Waals surface area contributed by atoms with Gasteiger partial charge in [-0.25, -0.2) is 4.79 Å². The molecule has 2 heterocycles. The Balaban J connectivity index is 1.21. The fourth-order valence-corrected chi connectivity index (χ4v) is 6.71. The van der Waals surface area contributed by atoms with Crippen LogP contribution in [0.1, 0.15) is 62.8 Å². The van der Waals surface area contributed by atoms with Gasteiger partial charge in [-0.05, 0) is 54.3 Å². The Morgan fingerprint density at radius 2 is 1.47 bits per heavy atom. The van der Waals surface area contributed by atoms with Crippen LogP contribution in [0, 0.1) is 0 Å². The van der Waals surface area contributed by atoms with Crippen LogP contribution in [0.5, 0.6) is 11.5 Å². The molecule has 2 aliphatic rings. The minimum atomic E-state index is -0.696. The van der Waals surface area contributed by atoms with Gasteiger partial charge in [0.25, 0.3) is 11.8 Å². The summed E-state index contributed by atoms with van der Waals surface area (Å²) in [5.41, 5.74) is 4.37. The number of piperazine rings is 1. The number of alkyl carbamates (subject to hydrolysis) is 1. The van der Waals surface area contributed by atoms with Crippen molar-refractivity contribution < 1.29 is 28.6 Å². The lowest BCUT2D eigenvalue weighted by atomic mass is 10.0. The quantitative estimate of drug-likeness (QED) is 0.178. The summed E-state index contributed by atoms with van der Waals surface area (Å²) in [5.74, 6) is 0.268. The smallest absolute Gasteiger partial charge is 0.407 e. The van der Waals surface area contributed by atoms with Crippen LogP contribution < -0.4 is 19.7 Å². The van der Waals surface area contributed by atoms with Gasteiger partial charge in [-0.15, -0.1) is 0 Å². The Morgan fingerprint density at radius 1 is 0.776 bits per heavy atom. The summed E-state index contributed by atoms with van der Waals surface area (Å²) >= 11 is 0. The lowest BCUT2D eigenvalue weighted by Gasteiger charge is -2.39. The van der Waals surface area contributed by atoms with Gasteiger partial charge in [-0.1, -0.05) is 72.8 Å². The molecule has 10 heteroatoms. The highest BCUT2D eigenvalue weighted by atomic mass is 16.5. The second-order valence-electron chi connectivity index (χ2n) is 12.2. The van der Waals surface area contributed by atoms with Crippen molar-refractivity contribution in [3.8, 4) is 11.5 Å². The van der Waals surface area contributed by atoms with E-state index in [-0.39, 0.29) is 37.4 Å². The molecule has 4 aromatic rings. The summed E-state index contributed by atoms with van der Waals surface area (Å²) in [4.78, 5) is 47.0. The van der Waals surface area contributed by atoms with Crippen LogP contribution in [-0.2, 0) is 11.3 Å². The summed E-state index contributed by atoms with van der Waals surface area (Å²) in [6.07, 6.45) is -0.326. The number of fused-ring (bicyclic) bond motifs is 1. The molecule has 0 radical (unpaired) electrons. The van der Waals surface area contributed by atoms with E-state index in [0.717, 1.165) is 37.4 Å². The number of nitrogens with zero attached hydrogens (tertiary/aromatic N) is 3. The molecule has 254 valence electrons. The molecular weight excluding hydrogens is 620 g/mol. The zero-order valence-electron chi connectivity index (χ0n) is 28.1. The molecule has 0 saturated carbocycles. The Morgan fingerprint density at radius 3 is 2.16 bits per heavy atom. The summed E-state index contributed by atoms with van der Waals surface area (Å²) in [5, 5.41) is 2.79. The topological polar surface area (TPSA) is 101 Å². The van der Waals surface area contributed by atoms with Crippen molar-refractivity contribution in [2.45, 2.75) is 32.0 Å². The SMILES string of the molecule is COc1ccc([C@@H](CCNC(=O)OCc2ccccc2)N2C(=O)c3cccc(N4CCN([C@H](C)c5ccccc5)CC4)c3C2=O)cc1OC. The second-order valence-corrected chi connectivity index (χ2v) is 12.2. The van der Waals surface area contributed by atoms with Crippen LogP contribution in [0.25, 0.3) is 0 Å². The van der Waals surface area contributed by atoms with Crippen LogP contribution in [0.4, 0.5) is 10.5 Å². The molecule has 6 rings (SSSR count). The number of carbonyl (C=O) groups excluding carboxylic acids is 3. The fraction of sp³-hybridized carbons (Fsp3) is 0.308. The number of ether oxygens (including phenoxy) is 3. The van der Waals surface area contributed by atoms with Crippen molar-refractivity contribution in [1.82, 2.24) is 15.1 Å². The maximum Gasteiger partial charge on any atom is 0.407 e. The van der Waals surface area contributed by atoms with Crippen molar-refractivity contribution in [3.05, 3.63) is 125 Å². The highest BCUT2D eigenvalue weighted by molar-refractivity contribution is 6.24. The summed E-state index contributed by atoms with van der Waals surface area (Å²) in [7, 11) is 3.09. The fourth-order valence-electron chi connectivity index (χ4n) is 6.71. The first-order chi connectivity index (χ1) is 23.9. The van der Waals surface area contributed by atoms with E-state index in [9.17, 15) is 14.4 Å². The molecule has 4 aromatic carbocycles. The minimum Gasteiger partial charge on any atom is -0.493 e. The molecule has 0 bridgehead atoms. The lowest BCUT2D eigenvalue weighted by Crippen LogP contribution is -2.47. The molecular formula is C39H42N4O6. The molecule has 10 nitrogen and oxygen atoms in total. The molecule has 0 unspecified atom stereocenters. The first-order valence-corrected chi connectivity index (χ1v) is 16.6. The molecule has 0 spiro atoms. The van der Waals surface area contributed by atoms with E-state index < -0.39 is 12.1 Å². The predicted octanol–water partition coefficient (Wildman–Crippen LogP) is 6.24. The average molecular weight is 663 g/mol. The number of carbonyl (C=O) groups is 3. The van der Waals surface area contributed by atoms with E-state index in [2.05, 4.69) is 46.3 Å². The van der Waals surface area contributed by atoms with Crippen LogP contribution in [0.15, 0.2) is 97.1 Å². The van der Waals surface area contributed by atoms with Gasteiger partial charge >= 0.3 is 6.09 Å². The van der Waals surface area contributed by atoms with Crippen molar-refractivity contribution in [3.63, 3.8) is 0 Å². The number of methoxy groups -OCH3 is 2. The number of nitrogens with one attached hydrogen (secondary N) is 1. The second kappa shape index (κ2) is 15.3. The van der Waals surface area contributed by atoms with E-state index >= 15 is 0 Å². The third-order valence-corrected chi connectivity index (χ3v) is 9.41. The van der Waals surface area contributed by atoms with Crippen molar-refractivity contribution in [2.75, 3.05) is 51.8 Å². The normalized spacial score (nSPS) is 15.8. The zero-order valence-corrected chi connectivity index (χ0v) is 28.1. The van der Waals surface area contributed by atoms with E-state index in [0.29, 0.717) is 28.2 Å². The predicted molar refractivity (Wildman–Crippen MR) is 187 cm³/mol. The van der Waals surface area contributed by atoms with Gasteiger partial charge in [0, 0.05) is 38.8 Å². The van der Waals surface area contributed by atoms with Gasteiger partial charge in [0.15, 0.2) is 11.5 Å². The Kier molecular flexibility index (Phi) is 10.4. The van der Waals surface area contributed by atoms with E-state index in [4.69, 9.17) is 14.2 Å². The molecule has 0 aromatic heterocycles. The van der Waals surface area contributed by atoms with Crippen LogP contribution in [-0.4, -0.2) is 74.7 Å². The Labute approximate surface area is 287 Å². The van der Waals surface area contributed by atoms with Gasteiger partial charge in [0.1, 0.15) is 6.61 Å². The van der Waals surface area contributed by atoms with Crippen LogP contribution >= 0.6 is 0 Å². The van der Waals surface area contributed by atoms with Gasteiger partial charge < -0.3 is 24.4 Å². The number of hydrogen-bond acceptors (Lipinski definition) is 8. The van der Waals surface area contributed by atoms with E-state index in [1.54, 1.807) is 25.3 Å². The maximum absolute atomic E-state index is 14.4. The average Bonchev–Trinajstić information content (AvgIpc) is 3.41. The molecule has 2 atom stereocenters. The number of rotatable bonds is 12. The Bertz CT molecular complexity index is 1780. The standard InChI is InChI=1S/C39H42N4O6/c1-27(29-13-8-5-9-14-29)41-21-23-42(24-22-41)33-16-10-15-31-36(33)38(45)43(37(31)44)32(30-17-18-34(47-2)35(25-30)48-3)19-20-40-39(46)49-26-28-11-6-4-7-12-28/h4-18,25,27,32H,19-24,26H2,1-3H3,(H,40,46)/t27-,32-/m1/s1. The summed E-state index contributed by atoms with van der Waals surface area (Å²) in [6, 6.07) is 30.3. The zero-order chi connectivity index (χ0) is 34.3. The maximum atomic E-state index is 14.4. The molecule has 1 N–H and O–H groups in total. The highest BCUT2D eigenvalue weighted by Crippen LogP contribution is 2.40. The molecule has 1 fully saturated rings. The summed E-state index contributed by atoms with van der Waals surface area (Å²) < 4.78 is 16.4. The number of hydrogen-bond donors (Lipinski definition) is 1. The van der Waals surface area contributed by atoms with Crippen LogP contribution in [0.2, 0.25) is 0 Å². The van der Waals surface area contributed by atoms with E-state index in [1.165, 1.54) is 17.6 Å². The first kappa shape index (κ1) is 33.5. The van der Waals surface area contributed by atoms with Crippen LogP contribution in [0.3, 0.4) is 0 Å². The first-order valence-electron chi connectivity index (χ1n) is 16.6. The summed E-state index contributed by atoms with van der Waals surface area (Å²) in [6.45, 7) is 5.61. The van der Waals surface area contributed by atoms with Gasteiger partial charge in [-0.2, -0.15) is 0 Å². The van der Waals surface area contributed by atoms with Crippen molar-refractivity contribution >= 4 is 23.6 Å². The largest absolute Gasteiger partial charge is 0.493 e. The van der Waals surface area contributed by atoms with Gasteiger partial charge in [-0.3, -0.25) is 19.4 Å². The van der Waals surface area contributed by atoms with E-state index in [1.807, 2.05) is 54.6 Å². The third kappa shape index (κ3) is 7.24. The Hall–Kier alpha value is -5.35. The van der Waals surface area contributed by atoms with Crippen molar-refractivity contribution in [1.29, 1.82) is 0 Å². The number of benzene rings is 4. The number of imide groups is 1. The molecule has 3 amide bonds. The monoisotopic (exact) mass is 662 g/mol. The number of amides is 3. The molecule has 2 aliphatic heterocycles. The van der Waals surface area contributed by atoms with Gasteiger partial charge in [0.05, 0.1) is 37.1 Å². The molecule has 1 saturated heterocycles. The third-order valence-electron chi connectivity index (χ3n) is 9.41. The highest BCUT2D eigenvalue weighted by Gasteiger charge is 2.43. The molecule has 0 aliphatic carbocycles. The van der Waals surface area contributed by atoms with Gasteiger partial charge in [0.2, 0.25) is 0 Å². The number of anilines is 1. The molecule has 49 heavy (non-hydrogen) atoms. The minimum absolute atomic E-state index is 0.131.